The van der Waals surface area contributed by atoms with E-state index in [1.807, 2.05) is 6.92 Å². The normalized spacial score (nSPS) is 10.4. The number of carbonyl (C=O) groups is 1. The van der Waals surface area contributed by atoms with Gasteiger partial charge in [0.25, 0.3) is 0 Å². The molecule has 0 radical (unpaired) electrons. The van der Waals surface area contributed by atoms with Gasteiger partial charge in [0.05, 0.1) is 6.54 Å². The van der Waals surface area contributed by atoms with Gasteiger partial charge in [-0.2, -0.15) is 0 Å². The molecule has 1 aromatic rings. The van der Waals surface area contributed by atoms with E-state index in [2.05, 4.69) is 17.2 Å². The third-order valence-corrected chi connectivity index (χ3v) is 2.14. The highest BCUT2D eigenvalue weighted by Gasteiger charge is 2.14. The Morgan fingerprint density at radius 3 is 2.74 bits per heavy atom. The summed E-state index contributed by atoms with van der Waals surface area (Å²) < 4.78 is 18.1. The average Bonchev–Trinajstić information content (AvgIpc) is 2.26. The number of aryl methyl sites for hydroxylation is 1. The molecule has 0 unspecified atom stereocenters. The minimum Gasteiger partial charge on any atom is -0.444 e. The molecule has 0 aromatic heterocycles. The molecule has 1 N–H and O–H groups in total. The maximum absolute atomic E-state index is 13.0. The van der Waals surface area contributed by atoms with Gasteiger partial charge in [0.1, 0.15) is 11.4 Å². The standard InChI is InChI=1S/C15H18FNO2/c1-11-7-8-13(16)10-12(11)6-5-9-17-14(18)19-15(2,3)4/h7-8,10H,9H2,1-4H3,(H,17,18). The first kappa shape index (κ1) is 15.0. The minimum absolute atomic E-state index is 0.158. The van der Waals surface area contributed by atoms with E-state index in [-0.39, 0.29) is 12.4 Å². The Balaban J connectivity index is 2.52. The molecule has 0 bridgehead atoms. The summed E-state index contributed by atoms with van der Waals surface area (Å²) in [6.07, 6.45) is -0.516. The topological polar surface area (TPSA) is 38.3 Å². The van der Waals surface area contributed by atoms with Crippen LogP contribution in [0.4, 0.5) is 9.18 Å². The Kier molecular flexibility index (Phi) is 4.94. The molecule has 0 atom stereocenters. The summed E-state index contributed by atoms with van der Waals surface area (Å²) in [5.74, 6) is 5.25. The summed E-state index contributed by atoms with van der Waals surface area (Å²) in [5, 5.41) is 2.52. The molecule has 0 fully saturated rings. The molecule has 0 saturated carbocycles. The second kappa shape index (κ2) is 6.24. The molecule has 19 heavy (non-hydrogen) atoms. The molecule has 0 saturated heterocycles. The van der Waals surface area contributed by atoms with Gasteiger partial charge in [-0.1, -0.05) is 17.9 Å². The van der Waals surface area contributed by atoms with Gasteiger partial charge in [-0.15, -0.1) is 0 Å². The predicted molar refractivity (Wildman–Crippen MR) is 72.3 cm³/mol. The summed E-state index contributed by atoms with van der Waals surface area (Å²) >= 11 is 0. The quantitative estimate of drug-likeness (QED) is 0.791. The summed E-state index contributed by atoms with van der Waals surface area (Å²) in [7, 11) is 0. The van der Waals surface area contributed by atoms with Crippen LogP contribution in [0.5, 0.6) is 0 Å². The number of amides is 1. The van der Waals surface area contributed by atoms with Gasteiger partial charge in [-0.3, -0.25) is 0 Å². The third kappa shape index (κ3) is 5.91. The van der Waals surface area contributed by atoms with Crippen molar-refractivity contribution in [2.45, 2.75) is 33.3 Å². The van der Waals surface area contributed by atoms with E-state index in [0.717, 1.165) is 5.56 Å². The smallest absolute Gasteiger partial charge is 0.408 e. The van der Waals surface area contributed by atoms with Crippen molar-refractivity contribution < 1.29 is 13.9 Å². The fourth-order valence-corrected chi connectivity index (χ4v) is 1.30. The Morgan fingerprint density at radius 2 is 2.11 bits per heavy atom. The monoisotopic (exact) mass is 263 g/mol. The number of ether oxygens (including phenoxy) is 1. The first-order valence-corrected chi connectivity index (χ1v) is 6.00. The Bertz CT molecular complexity index is 521. The van der Waals surface area contributed by atoms with E-state index in [0.29, 0.717) is 5.56 Å². The van der Waals surface area contributed by atoms with Crippen LogP contribution in [0.25, 0.3) is 0 Å². The van der Waals surface area contributed by atoms with Crippen LogP contribution in [0, 0.1) is 24.6 Å². The van der Waals surface area contributed by atoms with Crippen LogP contribution in [0.2, 0.25) is 0 Å². The summed E-state index contributed by atoms with van der Waals surface area (Å²) in [6, 6.07) is 4.43. The van der Waals surface area contributed by atoms with Crippen molar-refractivity contribution in [3.05, 3.63) is 35.1 Å². The highest BCUT2D eigenvalue weighted by molar-refractivity contribution is 5.68. The number of nitrogens with one attached hydrogen (secondary N) is 1. The van der Waals surface area contributed by atoms with Crippen LogP contribution in [-0.2, 0) is 4.74 Å². The predicted octanol–water partition coefficient (Wildman–Crippen LogP) is 3.01. The maximum Gasteiger partial charge on any atom is 0.408 e. The van der Waals surface area contributed by atoms with Crippen molar-refractivity contribution >= 4 is 6.09 Å². The van der Waals surface area contributed by atoms with Crippen molar-refractivity contribution in [2.24, 2.45) is 0 Å². The molecular formula is C15H18FNO2. The summed E-state index contributed by atoms with van der Waals surface area (Å²) in [4.78, 5) is 11.3. The second-order valence-electron chi connectivity index (χ2n) is 5.12. The second-order valence-corrected chi connectivity index (χ2v) is 5.12. The number of alkyl carbamates (subject to hydrolysis) is 1. The number of carbonyl (C=O) groups excluding carboxylic acids is 1. The molecule has 0 aliphatic rings. The zero-order valence-corrected chi connectivity index (χ0v) is 11.6. The molecule has 4 heteroatoms. The van der Waals surface area contributed by atoms with Crippen molar-refractivity contribution in [1.29, 1.82) is 0 Å². The highest BCUT2D eigenvalue weighted by atomic mass is 19.1. The van der Waals surface area contributed by atoms with Gasteiger partial charge in [0.15, 0.2) is 0 Å². The zero-order chi connectivity index (χ0) is 14.5. The fraction of sp³-hybridized carbons (Fsp3) is 0.400. The van der Waals surface area contributed by atoms with Crippen molar-refractivity contribution in [1.82, 2.24) is 5.32 Å². The molecular weight excluding hydrogens is 245 g/mol. The zero-order valence-electron chi connectivity index (χ0n) is 11.6. The van der Waals surface area contributed by atoms with E-state index < -0.39 is 11.7 Å². The molecule has 0 spiro atoms. The lowest BCUT2D eigenvalue weighted by molar-refractivity contribution is 0.0535. The third-order valence-electron chi connectivity index (χ3n) is 2.14. The lowest BCUT2D eigenvalue weighted by atomic mass is 10.1. The van der Waals surface area contributed by atoms with E-state index in [9.17, 15) is 9.18 Å². The lowest BCUT2D eigenvalue weighted by Gasteiger charge is -2.19. The number of rotatable bonds is 1. The van der Waals surface area contributed by atoms with Crippen LogP contribution in [0.3, 0.4) is 0 Å². The lowest BCUT2D eigenvalue weighted by Crippen LogP contribution is -2.32. The Labute approximate surface area is 113 Å². The van der Waals surface area contributed by atoms with E-state index in [4.69, 9.17) is 4.74 Å². The van der Waals surface area contributed by atoms with E-state index >= 15 is 0 Å². The summed E-state index contributed by atoms with van der Waals surface area (Å²) in [6.45, 7) is 7.37. The molecule has 0 aliphatic carbocycles. The molecule has 0 heterocycles. The Morgan fingerprint density at radius 1 is 1.42 bits per heavy atom. The van der Waals surface area contributed by atoms with Crippen molar-refractivity contribution in [2.75, 3.05) is 6.54 Å². The number of halogens is 1. The SMILES string of the molecule is Cc1ccc(F)cc1C#CCNC(=O)OC(C)(C)C. The first-order valence-electron chi connectivity index (χ1n) is 6.00. The number of benzene rings is 1. The Hall–Kier alpha value is -2.02. The number of hydrogen-bond acceptors (Lipinski definition) is 2. The molecule has 1 amide bonds. The van der Waals surface area contributed by atoms with Gasteiger partial charge in [0.2, 0.25) is 0 Å². The van der Waals surface area contributed by atoms with Gasteiger partial charge in [-0.05, 0) is 45.4 Å². The van der Waals surface area contributed by atoms with Gasteiger partial charge < -0.3 is 10.1 Å². The fourth-order valence-electron chi connectivity index (χ4n) is 1.30. The molecule has 0 aliphatic heterocycles. The van der Waals surface area contributed by atoms with E-state index in [1.54, 1.807) is 26.8 Å². The molecule has 1 rings (SSSR count). The summed E-state index contributed by atoms with van der Waals surface area (Å²) in [5.41, 5.74) is 0.980. The number of hydrogen-bond donors (Lipinski definition) is 1. The molecule has 102 valence electrons. The minimum atomic E-state index is -0.531. The highest BCUT2D eigenvalue weighted by Crippen LogP contribution is 2.08. The van der Waals surface area contributed by atoms with E-state index in [1.165, 1.54) is 12.1 Å². The van der Waals surface area contributed by atoms with Gasteiger partial charge in [-0.25, -0.2) is 9.18 Å². The van der Waals surface area contributed by atoms with Gasteiger partial charge >= 0.3 is 6.09 Å². The molecule has 1 aromatic carbocycles. The largest absolute Gasteiger partial charge is 0.444 e. The van der Waals surface area contributed by atoms with Crippen LogP contribution in [0.1, 0.15) is 31.9 Å². The van der Waals surface area contributed by atoms with Crippen LogP contribution >= 0.6 is 0 Å². The maximum atomic E-state index is 13.0. The van der Waals surface area contributed by atoms with Gasteiger partial charge in [0, 0.05) is 5.56 Å². The van der Waals surface area contributed by atoms with Crippen LogP contribution in [0.15, 0.2) is 18.2 Å². The first-order chi connectivity index (χ1) is 8.78. The average molecular weight is 263 g/mol. The van der Waals surface area contributed by atoms with Crippen LogP contribution < -0.4 is 5.32 Å². The van der Waals surface area contributed by atoms with Crippen molar-refractivity contribution in [3.63, 3.8) is 0 Å². The van der Waals surface area contributed by atoms with Crippen LogP contribution in [-0.4, -0.2) is 18.2 Å². The van der Waals surface area contributed by atoms with Crippen molar-refractivity contribution in [3.8, 4) is 11.8 Å². The molecule has 3 nitrogen and oxygen atoms in total.